The monoisotopic (exact) mass is 213 g/mol. The Labute approximate surface area is 95.2 Å². The van der Waals surface area contributed by atoms with Crippen LogP contribution in [0.1, 0.15) is 11.3 Å². The molecule has 16 heavy (non-hydrogen) atoms. The standard InChI is InChI=1S/C13H15N3/c1-2-5-12(6-3-1)7-4-9-14-11-13-8-10-15-16-13/h1-8,10,14H,9,11H2,(H,15,16)/b7-4+. The van der Waals surface area contributed by atoms with Crippen molar-refractivity contribution in [1.82, 2.24) is 15.5 Å². The molecule has 0 aliphatic rings. The fraction of sp³-hybridized carbons (Fsp3) is 0.154. The Hall–Kier alpha value is -1.87. The first kappa shape index (κ1) is 10.6. The number of nitrogens with one attached hydrogen (secondary N) is 2. The van der Waals surface area contributed by atoms with Crippen LogP contribution >= 0.6 is 0 Å². The molecule has 0 fully saturated rings. The lowest BCUT2D eigenvalue weighted by atomic mass is 10.2. The zero-order valence-corrected chi connectivity index (χ0v) is 9.06. The van der Waals surface area contributed by atoms with Crippen LogP contribution in [0.2, 0.25) is 0 Å². The van der Waals surface area contributed by atoms with E-state index in [1.54, 1.807) is 6.20 Å². The number of hydrogen-bond acceptors (Lipinski definition) is 2. The molecule has 3 heteroatoms. The molecule has 0 unspecified atom stereocenters. The second-order valence-electron chi connectivity index (χ2n) is 3.53. The molecule has 1 heterocycles. The molecule has 0 spiro atoms. The number of aromatic nitrogens is 2. The van der Waals surface area contributed by atoms with Crippen LogP contribution in [0.3, 0.4) is 0 Å². The maximum atomic E-state index is 3.89. The summed E-state index contributed by atoms with van der Waals surface area (Å²) < 4.78 is 0. The zero-order valence-electron chi connectivity index (χ0n) is 9.06. The lowest BCUT2D eigenvalue weighted by Crippen LogP contribution is -2.12. The number of aromatic amines is 1. The smallest absolute Gasteiger partial charge is 0.0490 e. The lowest BCUT2D eigenvalue weighted by Gasteiger charge is -1.97. The van der Waals surface area contributed by atoms with Crippen LogP contribution in [0, 0.1) is 0 Å². The number of nitrogens with zero attached hydrogens (tertiary/aromatic N) is 1. The summed E-state index contributed by atoms with van der Waals surface area (Å²) in [5.41, 5.74) is 2.33. The van der Waals surface area contributed by atoms with Gasteiger partial charge in [0.25, 0.3) is 0 Å². The van der Waals surface area contributed by atoms with Crippen molar-refractivity contribution >= 4 is 6.08 Å². The van der Waals surface area contributed by atoms with E-state index in [9.17, 15) is 0 Å². The minimum atomic E-state index is 0.819. The Morgan fingerprint density at radius 1 is 1.19 bits per heavy atom. The SMILES string of the molecule is C(=C\c1ccccc1)/CNCc1ccn[nH]1. The molecule has 0 saturated carbocycles. The minimum absolute atomic E-state index is 0.819. The van der Waals surface area contributed by atoms with Crippen molar-refractivity contribution in [2.45, 2.75) is 6.54 Å². The number of benzene rings is 1. The van der Waals surface area contributed by atoms with Gasteiger partial charge in [-0.2, -0.15) is 5.10 Å². The van der Waals surface area contributed by atoms with Crippen molar-refractivity contribution < 1.29 is 0 Å². The molecule has 1 aromatic carbocycles. The first-order valence-corrected chi connectivity index (χ1v) is 5.36. The van der Waals surface area contributed by atoms with Gasteiger partial charge in [-0.3, -0.25) is 5.10 Å². The van der Waals surface area contributed by atoms with Crippen molar-refractivity contribution in [1.29, 1.82) is 0 Å². The van der Waals surface area contributed by atoms with Gasteiger partial charge in [0.1, 0.15) is 0 Å². The maximum absolute atomic E-state index is 3.89. The van der Waals surface area contributed by atoms with Crippen molar-refractivity contribution in [3.63, 3.8) is 0 Å². The third-order valence-corrected chi connectivity index (χ3v) is 2.25. The molecule has 0 aliphatic carbocycles. The summed E-state index contributed by atoms with van der Waals surface area (Å²) in [7, 11) is 0. The summed E-state index contributed by atoms with van der Waals surface area (Å²) >= 11 is 0. The maximum Gasteiger partial charge on any atom is 0.0490 e. The average Bonchev–Trinajstić information content (AvgIpc) is 2.83. The molecule has 82 valence electrons. The second-order valence-corrected chi connectivity index (χ2v) is 3.53. The van der Waals surface area contributed by atoms with E-state index in [0.29, 0.717) is 0 Å². The molecule has 0 amide bonds. The number of rotatable bonds is 5. The third kappa shape index (κ3) is 3.37. The first-order chi connectivity index (χ1) is 7.95. The predicted octanol–water partition coefficient (Wildman–Crippen LogP) is 2.21. The van der Waals surface area contributed by atoms with E-state index in [4.69, 9.17) is 0 Å². The van der Waals surface area contributed by atoms with E-state index < -0.39 is 0 Å². The van der Waals surface area contributed by atoms with Crippen molar-refractivity contribution in [3.8, 4) is 0 Å². The molecule has 0 bridgehead atoms. The van der Waals surface area contributed by atoms with Gasteiger partial charge in [-0.25, -0.2) is 0 Å². The Balaban J connectivity index is 1.70. The second kappa shape index (κ2) is 5.88. The summed E-state index contributed by atoms with van der Waals surface area (Å²) in [6.45, 7) is 1.67. The summed E-state index contributed by atoms with van der Waals surface area (Å²) in [6, 6.07) is 12.2. The highest BCUT2D eigenvalue weighted by atomic mass is 15.1. The molecule has 0 aliphatic heterocycles. The largest absolute Gasteiger partial charge is 0.308 e. The molecular formula is C13H15N3. The van der Waals surface area contributed by atoms with Crippen molar-refractivity contribution in [3.05, 3.63) is 59.9 Å². The molecule has 0 saturated heterocycles. The summed E-state index contributed by atoms with van der Waals surface area (Å²) in [6.07, 6.45) is 5.99. The fourth-order valence-electron chi connectivity index (χ4n) is 1.43. The average molecular weight is 213 g/mol. The Kier molecular flexibility index (Phi) is 3.91. The topological polar surface area (TPSA) is 40.7 Å². The lowest BCUT2D eigenvalue weighted by molar-refractivity contribution is 0.737. The fourth-order valence-corrected chi connectivity index (χ4v) is 1.43. The highest BCUT2D eigenvalue weighted by Crippen LogP contribution is 2.00. The van der Waals surface area contributed by atoms with E-state index in [0.717, 1.165) is 18.8 Å². The van der Waals surface area contributed by atoms with Crippen LogP contribution in [0.25, 0.3) is 6.08 Å². The van der Waals surface area contributed by atoms with E-state index in [1.165, 1.54) is 5.56 Å². The van der Waals surface area contributed by atoms with Crippen LogP contribution in [0.5, 0.6) is 0 Å². The van der Waals surface area contributed by atoms with Gasteiger partial charge in [0.15, 0.2) is 0 Å². The molecule has 0 atom stereocenters. The van der Waals surface area contributed by atoms with Gasteiger partial charge in [0, 0.05) is 25.0 Å². The molecule has 1 aromatic heterocycles. The van der Waals surface area contributed by atoms with E-state index in [1.807, 2.05) is 24.3 Å². The number of hydrogen-bond donors (Lipinski definition) is 2. The van der Waals surface area contributed by atoms with E-state index >= 15 is 0 Å². The number of H-pyrrole nitrogens is 1. The molecule has 0 radical (unpaired) electrons. The highest BCUT2D eigenvalue weighted by molar-refractivity contribution is 5.48. The molecular weight excluding hydrogens is 198 g/mol. The Bertz CT molecular complexity index is 418. The first-order valence-electron chi connectivity index (χ1n) is 5.36. The van der Waals surface area contributed by atoms with Crippen LogP contribution in [-0.4, -0.2) is 16.7 Å². The molecule has 2 N–H and O–H groups in total. The highest BCUT2D eigenvalue weighted by Gasteiger charge is 1.90. The van der Waals surface area contributed by atoms with Crippen LogP contribution in [0.15, 0.2) is 48.7 Å². The molecule has 2 rings (SSSR count). The quantitative estimate of drug-likeness (QED) is 0.748. The summed E-state index contributed by atoms with van der Waals surface area (Å²) in [5, 5.41) is 10.1. The predicted molar refractivity (Wildman–Crippen MR) is 65.8 cm³/mol. The van der Waals surface area contributed by atoms with Crippen molar-refractivity contribution in [2.24, 2.45) is 0 Å². The van der Waals surface area contributed by atoms with Gasteiger partial charge in [0.05, 0.1) is 0 Å². The van der Waals surface area contributed by atoms with E-state index in [2.05, 4.69) is 39.8 Å². The van der Waals surface area contributed by atoms with Crippen LogP contribution < -0.4 is 5.32 Å². The third-order valence-electron chi connectivity index (χ3n) is 2.25. The van der Waals surface area contributed by atoms with Gasteiger partial charge in [-0.05, 0) is 11.6 Å². The van der Waals surface area contributed by atoms with Gasteiger partial charge < -0.3 is 5.32 Å². The van der Waals surface area contributed by atoms with Crippen molar-refractivity contribution in [2.75, 3.05) is 6.54 Å². The molecule has 3 nitrogen and oxygen atoms in total. The minimum Gasteiger partial charge on any atom is -0.308 e. The van der Waals surface area contributed by atoms with Crippen LogP contribution in [-0.2, 0) is 6.54 Å². The summed E-state index contributed by atoms with van der Waals surface area (Å²) in [5.74, 6) is 0. The Morgan fingerprint density at radius 2 is 2.06 bits per heavy atom. The van der Waals surface area contributed by atoms with Crippen LogP contribution in [0.4, 0.5) is 0 Å². The normalized spacial score (nSPS) is 11.0. The summed E-state index contributed by atoms with van der Waals surface area (Å²) in [4.78, 5) is 0. The van der Waals surface area contributed by atoms with Gasteiger partial charge in [-0.15, -0.1) is 0 Å². The van der Waals surface area contributed by atoms with Gasteiger partial charge in [0.2, 0.25) is 0 Å². The van der Waals surface area contributed by atoms with Gasteiger partial charge in [-0.1, -0.05) is 42.5 Å². The van der Waals surface area contributed by atoms with E-state index in [-0.39, 0.29) is 0 Å². The Morgan fingerprint density at radius 3 is 2.81 bits per heavy atom. The zero-order chi connectivity index (χ0) is 11.1. The molecule has 2 aromatic rings. The van der Waals surface area contributed by atoms with Gasteiger partial charge >= 0.3 is 0 Å².